The number of H-pyrrole nitrogens is 1. The number of nitriles is 1. The molecule has 0 saturated heterocycles. The van der Waals surface area contributed by atoms with Gasteiger partial charge >= 0.3 is 0 Å². The fourth-order valence-electron chi connectivity index (χ4n) is 3.38. The van der Waals surface area contributed by atoms with Crippen LogP contribution in [-0.2, 0) is 6.61 Å². The van der Waals surface area contributed by atoms with E-state index in [9.17, 15) is 5.26 Å². The molecule has 3 N–H and O–H groups in total. The summed E-state index contributed by atoms with van der Waals surface area (Å²) in [5, 5.41) is 17.8. The van der Waals surface area contributed by atoms with Crippen LogP contribution in [0.4, 0.5) is 0 Å². The molecule has 30 heavy (non-hydrogen) atoms. The first-order valence-electron chi connectivity index (χ1n) is 8.88. The number of benzene rings is 2. The van der Waals surface area contributed by atoms with Crippen molar-refractivity contribution in [2.75, 3.05) is 0 Å². The van der Waals surface area contributed by atoms with Crippen LogP contribution in [0.3, 0.4) is 0 Å². The smallest absolute Gasteiger partial charge is 0.244 e. The lowest BCUT2D eigenvalue weighted by atomic mass is 9.84. The van der Waals surface area contributed by atoms with E-state index in [-0.39, 0.29) is 18.1 Å². The van der Waals surface area contributed by atoms with Crippen molar-refractivity contribution < 1.29 is 9.47 Å². The number of rotatable bonds is 4. The number of nitrogens with zero attached hydrogens (tertiary/aromatic N) is 2. The maximum absolute atomic E-state index is 9.67. The van der Waals surface area contributed by atoms with Gasteiger partial charge in [-0.25, -0.2) is 0 Å². The number of allylic oxidation sites excluding steroid dienone is 1. The number of hydrogen-bond acceptors (Lipinski definition) is 5. The highest BCUT2D eigenvalue weighted by Gasteiger charge is 2.35. The van der Waals surface area contributed by atoms with Crippen LogP contribution in [0.15, 0.2) is 47.9 Å². The van der Waals surface area contributed by atoms with Gasteiger partial charge in [0, 0.05) is 21.8 Å². The topological polar surface area (TPSA) is 97.0 Å². The van der Waals surface area contributed by atoms with E-state index in [2.05, 4.69) is 16.3 Å². The minimum absolute atomic E-state index is 0.00668. The van der Waals surface area contributed by atoms with Gasteiger partial charge in [-0.3, -0.25) is 5.10 Å². The van der Waals surface area contributed by atoms with Crippen molar-refractivity contribution in [1.29, 1.82) is 5.26 Å². The standard InChI is InChI=1S/C21H15Cl3N4O2/c1-10-17-18(13(8-25)20(26)30-21(17)28-27-10)12-6-15(23)19(16(24)7-12)29-9-11-4-2-3-5-14(11)22/h2-7,18H,9,26H2,1H3,(H,27,28)/t18-/m0/s1. The van der Waals surface area contributed by atoms with Crippen molar-refractivity contribution in [1.82, 2.24) is 10.2 Å². The van der Waals surface area contributed by atoms with Gasteiger partial charge in [0.25, 0.3) is 0 Å². The molecule has 0 spiro atoms. The molecule has 0 radical (unpaired) electrons. The predicted molar refractivity (Wildman–Crippen MR) is 115 cm³/mol. The monoisotopic (exact) mass is 460 g/mol. The number of nitrogens with one attached hydrogen (secondary N) is 1. The summed E-state index contributed by atoms with van der Waals surface area (Å²) < 4.78 is 11.3. The zero-order valence-corrected chi connectivity index (χ0v) is 17.9. The molecule has 0 fully saturated rings. The van der Waals surface area contributed by atoms with Crippen molar-refractivity contribution in [3.8, 4) is 17.7 Å². The van der Waals surface area contributed by atoms with Crippen LogP contribution < -0.4 is 15.2 Å². The minimum Gasteiger partial charge on any atom is -0.486 e. The number of aromatic nitrogens is 2. The summed E-state index contributed by atoms with van der Waals surface area (Å²) in [4.78, 5) is 0. The normalized spacial score (nSPS) is 15.4. The van der Waals surface area contributed by atoms with Gasteiger partial charge in [-0.05, 0) is 30.7 Å². The molecule has 3 aromatic rings. The molecule has 0 saturated carbocycles. The van der Waals surface area contributed by atoms with Crippen molar-refractivity contribution in [2.24, 2.45) is 5.73 Å². The van der Waals surface area contributed by atoms with E-state index in [1.807, 2.05) is 25.1 Å². The van der Waals surface area contributed by atoms with E-state index in [1.165, 1.54) is 0 Å². The van der Waals surface area contributed by atoms with Gasteiger partial charge in [0.2, 0.25) is 11.8 Å². The van der Waals surface area contributed by atoms with Crippen LogP contribution in [-0.4, -0.2) is 10.2 Å². The van der Waals surface area contributed by atoms with E-state index in [4.69, 9.17) is 50.0 Å². The molecule has 1 aliphatic heterocycles. The molecule has 0 bridgehead atoms. The molecule has 4 rings (SSSR count). The van der Waals surface area contributed by atoms with Crippen molar-refractivity contribution >= 4 is 34.8 Å². The molecule has 0 aliphatic carbocycles. The third kappa shape index (κ3) is 3.56. The Kier molecular flexibility index (Phi) is 5.52. The Labute approximate surface area is 187 Å². The predicted octanol–water partition coefficient (Wildman–Crippen LogP) is 5.48. The lowest BCUT2D eigenvalue weighted by molar-refractivity contribution is 0.306. The molecule has 1 aromatic heterocycles. The molecule has 0 amide bonds. The third-order valence-electron chi connectivity index (χ3n) is 4.81. The molecule has 1 atom stereocenters. The summed E-state index contributed by atoms with van der Waals surface area (Å²) >= 11 is 19.2. The fourth-order valence-corrected chi connectivity index (χ4v) is 4.18. The van der Waals surface area contributed by atoms with Crippen LogP contribution in [0.2, 0.25) is 15.1 Å². The highest BCUT2D eigenvalue weighted by molar-refractivity contribution is 6.37. The van der Waals surface area contributed by atoms with Crippen molar-refractivity contribution in [3.63, 3.8) is 0 Å². The Balaban J connectivity index is 1.72. The van der Waals surface area contributed by atoms with Crippen molar-refractivity contribution in [3.05, 3.63) is 85.3 Å². The van der Waals surface area contributed by atoms with Gasteiger partial charge in [0.05, 0.1) is 16.0 Å². The lowest BCUT2D eigenvalue weighted by Crippen LogP contribution is -2.21. The highest BCUT2D eigenvalue weighted by Crippen LogP contribution is 2.45. The van der Waals surface area contributed by atoms with Gasteiger partial charge in [-0.1, -0.05) is 53.0 Å². The number of aromatic amines is 1. The van der Waals surface area contributed by atoms with Crippen LogP contribution in [0.5, 0.6) is 11.6 Å². The highest BCUT2D eigenvalue weighted by atomic mass is 35.5. The second-order valence-corrected chi connectivity index (χ2v) is 7.91. The number of nitrogens with two attached hydrogens (primary N) is 1. The van der Waals surface area contributed by atoms with Gasteiger partial charge in [-0.2, -0.15) is 5.26 Å². The fraction of sp³-hybridized carbons (Fsp3) is 0.143. The first kappa shape index (κ1) is 20.4. The lowest BCUT2D eigenvalue weighted by Gasteiger charge is -2.24. The van der Waals surface area contributed by atoms with E-state index >= 15 is 0 Å². The number of hydrogen-bond donors (Lipinski definition) is 2. The Bertz CT molecular complexity index is 1190. The van der Waals surface area contributed by atoms with Crippen LogP contribution in [0.25, 0.3) is 0 Å². The van der Waals surface area contributed by atoms with Gasteiger partial charge in [0.1, 0.15) is 18.2 Å². The SMILES string of the molecule is Cc1[nH]nc2c1[C@@H](c1cc(Cl)c(OCc3ccccc3Cl)c(Cl)c1)C(C#N)=C(N)O2. The Morgan fingerprint density at radius 3 is 2.57 bits per heavy atom. The second kappa shape index (κ2) is 8.11. The van der Waals surface area contributed by atoms with Gasteiger partial charge in [-0.15, -0.1) is 5.10 Å². The minimum atomic E-state index is -0.523. The van der Waals surface area contributed by atoms with E-state index in [1.54, 1.807) is 18.2 Å². The summed E-state index contributed by atoms with van der Waals surface area (Å²) in [5.41, 5.74) is 9.14. The van der Waals surface area contributed by atoms with Crippen LogP contribution in [0.1, 0.15) is 28.3 Å². The van der Waals surface area contributed by atoms with E-state index in [0.29, 0.717) is 37.8 Å². The molecule has 2 heterocycles. The zero-order valence-electron chi connectivity index (χ0n) is 15.7. The van der Waals surface area contributed by atoms with Gasteiger partial charge in [0.15, 0.2) is 5.75 Å². The van der Waals surface area contributed by atoms with Crippen LogP contribution >= 0.6 is 34.8 Å². The molecule has 2 aromatic carbocycles. The molecular weight excluding hydrogens is 447 g/mol. The number of aryl methyl sites for hydroxylation is 1. The molecule has 0 unspecified atom stereocenters. The first-order chi connectivity index (χ1) is 14.4. The summed E-state index contributed by atoms with van der Waals surface area (Å²) in [6.07, 6.45) is 0. The Morgan fingerprint density at radius 1 is 1.20 bits per heavy atom. The Hall–Kier alpha value is -2.85. The van der Waals surface area contributed by atoms with E-state index < -0.39 is 5.92 Å². The Morgan fingerprint density at radius 2 is 1.90 bits per heavy atom. The summed E-state index contributed by atoms with van der Waals surface area (Å²) in [6, 6.07) is 12.9. The molecule has 6 nitrogen and oxygen atoms in total. The quantitative estimate of drug-likeness (QED) is 0.536. The summed E-state index contributed by atoms with van der Waals surface area (Å²) in [5.74, 6) is 0.117. The third-order valence-corrected chi connectivity index (χ3v) is 5.74. The first-order valence-corrected chi connectivity index (χ1v) is 10.0. The van der Waals surface area contributed by atoms with Crippen LogP contribution in [0, 0.1) is 18.3 Å². The largest absolute Gasteiger partial charge is 0.486 e. The zero-order chi connectivity index (χ0) is 21.4. The maximum Gasteiger partial charge on any atom is 0.244 e. The number of fused-ring (bicyclic) bond motifs is 1. The maximum atomic E-state index is 9.67. The second-order valence-electron chi connectivity index (χ2n) is 6.69. The van der Waals surface area contributed by atoms with E-state index in [0.717, 1.165) is 11.3 Å². The van der Waals surface area contributed by atoms with Gasteiger partial charge < -0.3 is 15.2 Å². The number of ether oxygens (including phenoxy) is 2. The molecule has 1 aliphatic rings. The molecule has 9 heteroatoms. The number of halogens is 3. The average Bonchev–Trinajstić information content (AvgIpc) is 3.07. The molecule has 152 valence electrons. The van der Waals surface area contributed by atoms with Crippen molar-refractivity contribution in [2.45, 2.75) is 19.4 Å². The molecular formula is C21H15Cl3N4O2. The summed E-state index contributed by atoms with van der Waals surface area (Å²) in [6.45, 7) is 2.04. The summed E-state index contributed by atoms with van der Waals surface area (Å²) in [7, 11) is 0. The average molecular weight is 462 g/mol.